The van der Waals surface area contributed by atoms with Crippen LogP contribution in [0, 0.1) is 5.92 Å². The van der Waals surface area contributed by atoms with Crippen molar-refractivity contribution in [2.24, 2.45) is 11.7 Å². The van der Waals surface area contributed by atoms with Crippen LogP contribution in [0.3, 0.4) is 0 Å². The number of nitrogens with one attached hydrogen (secondary N) is 1. The Morgan fingerprint density at radius 2 is 2.16 bits per heavy atom. The van der Waals surface area contributed by atoms with Crippen LogP contribution in [0.4, 0.5) is 0 Å². The van der Waals surface area contributed by atoms with E-state index in [4.69, 9.17) is 10.5 Å². The van der Waals surface area contributed by atoms with Gasteiger partial charge >= 0.3 is 0 Å². The Kier molecular flexibility index (Phi) is 6.24. The van der Waals surface area contributed by atoms with Crippen molar-refractivity contribution in [2.45, 2.75) is 38.8 Å². The number of piperidine rings is 1. The molecule has 6 heteroatoms. The van der Waals surface area contributed by atoms with Crippen LogP contribution in [0.1, 0.15) is 26.7 Å². The van der Waals surface area contributed by atoms with Crippen molar-refractivity contribution in [3.8, 4) is 0 Å². The molecule has 0 aliphatic carbocycles. The van der Waals surface area contributed by atoms with Crippen molar-refractivity contribution in [1.82, 2.24) is 10.2 Å². The van der Waals surface area contributed by atoms with Gasteiger partial charge in [0.25, 0.3) is 0 Å². The van der Waals surface area contributed by atoms with Gasteiger partial charge in [-0.05, 0) is 20.3 Å². The molecule has 0 saturated carbocycles. The van der Waals surface area contributed by atoms with Crippen LogP contribution in [-0.4, -0.2) is 55.6 Å². The summed E-state index contributed by atoms with van der Waals surface area (Å²) in [4.78, 5) is 24.9. The molecule has 0 spiro atoms. The molecule has 1 rings (SSSR count). The number of carbonyl (C=O) groups excluding carboxylic acids is 2. The van der Waals surface area contributed by atoms with Gasteiger partial charge in [0.1, 0.15) is 0 Å². The van der Waals surface area contributed by atoms with Gasteiger partial charge in [-0.3, -0.25) is 14.5 Å². The van der Waals surface area contributed by atoms with E-state index in [0.29, 0.717) is 19.5 Å². The number of amides is 2. The summed E-state index contributed by atoms with van der Waals surface area (Å²) in [5.74, 6) is -0.229. The molecule has 1 fully saturated rings. The summed E-state index contributed by atoms with van der Waals surface area (Å²) in [7, 11) is 1.65. The van der Waals surface area contributed by atoms with Crippen molar-refractivity contribution in [3.05, 3.63) is 0 Å². The van der Waals surface area contributed by atoms with E-state index in [9.17, 15) is 9.59 Å². The van der Waals surface area contributed by atoms with Gasteiger partial charge in [-0.2, -0.15) is 0 Å². The molecular weight excluding hydrogens is 246 g/mol. The molecule has 0 aromatic carbocycles. The molecule has 0 radical (unpaired) electrons. The number of methoxy groups -OCH3 is 1. The Bertz CT molecular complexity index is 320. The van der Waals surface area contributed by atoms with E-state index in [0.717, 1.165) is 13.0 Å². The molecule has 6 nitrogen and oxygen atoms in total. The SMILES string of the molecule is CO[C@@H]1CCN(CC(=O)NC(C)C)C[C@H]1CC(N)=O. The molecule has 0 aromatic heterocycles. The molecule has 1 aliphatic heterocycles. The highest BCUT2D eigenvalue weighted by atomic mass is 16.5. The predicted molar refractivity (Wildman–Crippen MR) is 72.4 cm³/mol. The molecule has 1 aliphatic rings. The van der Waals surface area contributed by atoms with E-state index < -0.39 is 0 Å². The third kappa shape index (κ3) is 5.57. The van der Waals surface area contributed by atoms with Crippen molar-refractivity contribution in [3.63, 3.8) is 0 Å². The number of ether oxygens (including phenoxy) is 1. The minimum Gasteiger partial charge on any atom is -0.381 e. The van der Waals surface area contributed by atoms with E-state index in [1.807, 2.05) is 13.8 Å². The van der Waals surface area contributed by atoms with Gasteiger partial charge in [0, 0.05) is 38.6 Å². The quantitative estimate of drug-likeness (QED) is 0.696. The summed E-state index contributed by atoms with van der Waals surface area (Å²) in [6.45, 7) is 5.71. The van der Waals surface area contributed by atoms with Crippen molar-refractivity contribution >= 4 is 11.8 Å². The molecule has 0 unspecified atom stereocenters. The second-order valence-electron chi connectivity index (χ2n) is 5.45. The van der Waals surface area contributed by atoms with Crippen molar-refractivity contribution < 1.29 is 14.3 Å². The summed E-state index contributed by atoms with van der Waals surface area (Å²) in [5, 5.41) is 2.87. The molecule has 0 bridgehead atoms. The zero-order valence-corrected chi connectivity index (χ0v) is 12.0. The Morgan fingerprint density at radius 3 is 2.68 bits per heavy atom. The summed E-state index contributed by atoms with van der Waals surface area (Å²) < 4.78 is 5.39. The summed E-state index contributed by atoms with van der Waals surface area (Å²) in [5.41, 5.74) is 5.26. The molecule has 110 valence electrons. The molecule has 2 atom stereocenters. The average Bonchev–Trinajstić information content (AvgIpc) is 2.27. The average molecular weight is 271 g/mol. The Morgan fingerprint density at radius 1 is 1.47 bits per heavy atom. The zero-order chi connectivity index (χ0) is 14.4. The smallest absolute Gasteiger partial charge is 0.234 e. The molecular formula is C13H25N3O3. The van der Waals surface area contributed by atoms with Crippen LogP contribution in [0.15, 0.2) is 0 Å². The molecule has 1 saturated heterocycles. The Hall–Kier alpha value is -1.14. The van der Waals surface area contributed by atoms with Gasteiger partial charge in [0.15, 0.2) is 0 Å². The van der Waals surface area contributed by atoms with Crippen LogP contribution in [0.5, 0.6) is 0 Å². The molecule has 0 aromatic rings. The number of carbonyl (C=O) groups is 2. The maximum absolute atomic E-state index is 11.7. The zero-order valence-electron chi connectivity index (χ0n) is 12.0. The highest BCUT2D eigenvalue weighted by Gasteiger charge is 2.31. The van der Waals surface area contributed by atoms with E-state index >= 15 is 0 Å². The molecule has 1 heterocycles. The number of primary amides is 1. The second kappa shape index (κ2) is 7.45. The first-order valence-electron chi connectivity index (χ1n) is 6.75. The van der Waals surface area contributed by atoms with E-state index in [-0.39, 0.29) is 29.9 Å². The van der Waals surface area contributed by atoms with Crippen LogP contribution in [0.2, 0.25) is 0 Å². The number of rotatable bonds is 6. The van der Waals surface area contributed by atoms with Crippen molar-refractivity contribution in [1.29, 1.82) is 0 Å². The third-order valence-corrected chi connectivity index (χ3v) is 3.33. The standard InChI is InChI=1S/C13H25N3O3/c1-9(2)15-13(18)8-16-5-4-11(19-3)10(7-16)6-12(14)17/h9-11H,4-8H2,1-3H3,(H2,14,17)(H,15,18)/t10-,11-/m1/s1. The fourth-order valence-corrected chi connectivity index (χ4v) is 2.57. The van der Waals surface area contributed by atoms with Crippen LogP contribution >= 0.6 is 0 Å². The molecule has 19 heavy (non-hydrogen) atoms. The Labute approximate surface area is 114 Å². The van der Waals surface area contributed by atoms with Gasteiger partial charge in [-0.15, -0.1) is 0 Å². The van der Waals surface area contributed by atoms with E-state index in [1.54, 1.807) is 7.11 Å². The van der Waals surface area contributed by atoms with Gasteiger partial charge in [0.2, 0.25) is 11.8 Å². The highest BCUT2D eigenvalue weighted by Crippen LogP contribution is 2.22. The second-order valence-corrected chi connectivity index (χ2v) is 5.45. The molecule has 3 N–H and O–H groups in total. The first-order chi connectivity index (χ1) is 8.92. The lowest BCUT2D eigenvalue weighted by molar-refractivity contribution is -0.124. The lowest BCUT2D eigenvalue weighted by Gasteiger charge is -2.37. The largest absolute Gasteiger partial charge is 0.381 e. The number of nitrogens with two attached hydrogens (primary N) is 1. The summed E-state index contributed by atoms with van der Waals surface area (Å²) >= 11 is 0. The maximum atomic E-state index is 11.7. The van der Waals surface area contributed by atoms with Gasteiger partial charge < -0.3 is 15.8 Å². The first-order valence-corrected chi connectivity index (χ1v) is 6.75. The molecule has 2 amide bonds. The third-order valence-electron chi connectivity index (χ3n) is 3.33. The van der Waals surface area contributed by atoms with Crippen LogP contribution in [0.25, 0.3) is 0 Å². The lowest BCUT2D eigenvalue weighted by Crippen LogP contribution is -2.49. The van der Waals surface area contributed by atoms with E-state index in [1.165, 1.54) is 0 Å². The monoisotopic (exact) mass is 271 g/mol. The maximum Gasteiger partial charge on any atom is 0.234 e. The number of hydrogen-bond donors (Lipinski definition) is 2. The number of nitrogens with zero attached hydrogens (tertiary/aromatic N) is 1. The lowest BCUT2D eigenvalue weighted by atomic mass is 9.91. The number of hydrogen-bond acceptors (Lipinski definition) is 4. The van der Waals surface area contributed by atoms with E-state index in [2.05, 4.69) is 10.2 Å². The van der Waals surface area contributed by atoms with Gasteiger partial charge in [0.05, 0.1) is 12.6 Å². The number of likely N-dealkylation sites (tertiary alicyclic amines) is 1. The van der Waals surface area contributed by atoms with Crippen molar-refractivity contribution in [2.75, 3.05) is 26.7 Å². The predicted octanol–water partition coefficient (Wildman–Crippen LogP) is -0.277. The van der Waals surface area contributed by atoms with Crippen LogP contribution in [-0.2, 0) is 14.3 Å². The van der Waals surface area contributed by atoms with Gasteiger partial charge in [-0.1, -0.05) is 0 Å². The highest BCUT2D eigenvalue weighted by molar-refractivity contribution is 5.78. The summed E-state index contributed by atoms with van der Waals surface area (Å²) in [6.07, 6.45) is 1.18. The minimum atomic E-state index is -0.319. The van der Waals surface area contributed by atoms with Gasteiger partial charge in [-0.25, -0.2) is 0 Å². The van der Waals surface area contributed by atoms with Crippen LogP contribution < -0.4 is 11.1 Å². The minimum absolute atomic E-state index is 0.0173. The Balaban J connectivity index is 2.49. The summed E-state index contributed by atoms with van der Waals surface area (Å²) in [6, 6.07) is 0.144. The fourth-order valence-electron chi connectivity index (χ4n) is 2.57. The normalized spacial score (nSPS) is 24.4. The first kappa shape index (κ1) is 15.9. The fraction of sp³-hybridized carbons (Fsp3) is 0.846. The topological polar surface area (TPSA) is 84.7 Å².